The van der Waals surface area contributed by atoms with E-state index >= 15 is 0 Å². The fraction of sp³-hybridized carbons (Fsp3) is 0.556. The molecular weight excluding hydrogens is 216 g/mol. The van der Waals surface area contributed by atoms with Crippen LogP contribution in [0.1, 0.15) is 16.2 Å². The molecule has 0 aromatic carbocycles. The number of rotatable bonds is 6. The highest BCUT2D eigenvalue weighted by molar-refractivity contribution is 5.92. The molecule has 1 rings (SSSR count). The normalized spacial score (nSPS) is 10.8. The van der Waals surface area contributed by atoms with E-state index in [2.05, 4.69) is 10.5 Å². The fourth-order valence-corrected chi connectivity index (χ4v) is 1.04. The van der Waals surface area contributed by atoms with E-state index in [1.807, 2.05) is 0 Å². The lowest BCUT2D eigenvalue weighted by Crippen LogP contribution is -2.40. The van der Waals surface area contributed by atoms with Crippen molar-refractivity contribution in [2.75, 3.05) is 20.3 Å². The molecule has 3 N–H and O–H groups in total. The molecule has 0 unspecified atom stereocenters. The zero-order chi connectivity index (χ0) is 12.0. The van der Waals surface area contributed by atoms with Crippen molar-refractivity contribution in [3.63, 3.8) is 0 Å². The van der Waals surface area contributed by atoms with Crippen LogP contribution in [0.5, 0.6) is 0 Å². The summed E-state index contributed by atoms with van der Waals surface area (Å²) in [7, 11) is 1.50. The van der Waals surface area contributed by atoms with Crippen LogP contribution in [0.15, 0.2) is 10.6 Å². The van der Waals surface area contributed by atoms with Crippen molar-refractivity contribution in [3.8, 4) is 0 Å². The molecule has 0 saturated heterocycles. The summed E-state index contributed by atoms with van der Waals surface area (Å²) in [6.45, 7) is -0.459. The Kier molecular flexibility index (Phi) is 4.90. The van der Waals surface area contributed by atoms with Crippen LogP contribution >= 0.6 is 0 Å². The smallest absolute Gasteiger partial charge is 0.273 e. The van der Waals surface area contributed by atoms with Gasteiger partial charge in [-0.2, -0.15) is 0 Å². The summed E-state index contributed by atoms with van der Waals surface area (Å²) in [5, 5.41) is 23.5. The van der Waals surface area contributed by atoms with Crippen molar-refractivity contribution in [3.05, 3.63) is 17.5 Å². The predicted molar refractivity (Wildman–Crippen MR) is 52.6 cm³/mol. The summed E-state index contributed by atoms with van der Waals surface area (Å²) in [5.41, 5.74) is 0.0824. The third kappa shape index (κ3) is 3.30. The molecular formula is C9H14N2O5. The zero-order valence-corrected chi connectivity index (χ0v) is 8.84. The molecule has 0 fully saturated rings. The second-order valence-electron chi connectivity index (χ2n) is 3.15. The molecule has 0 aliphatic rings. The largest absolute Gasteiger partial charge is 0.394 e. The second kappa shape index (κ2) is 6.21. The molecule has 0 aliphatic carbocycles. The summed E-state index contributed by atoms with van der Waals surface area (Å²) in [6.07, 6.45) is 0. The molecule has 0 spiro atoms. The number of carbonyl (C=O) groups is 1. The Bertz CT molecular complexity index is 334. The molecule has 0 atom stereocenters. The van der Waals surface area contributed by atoms with Gasteiger partial charge in [-0.1, -0.05) is 5.16 Å². The Balaban J connectivity index is 2.58. The van der Waals surface area contributed by atoms with Crippen LogP contribution in [0.4, 0.5) is 0 Å². The summed E-state index contributed by atoms with van der Waals surface area (Å²) in [5.74, 6) is -0.0867. The van der Waals surface area contributed by atoms with Crippen molar-refractivity contribution < 1.29 is 24.3 Å². The molecule has 7 heteroatoms. The number of aromatic nitrogens is 1. The number of amides is 1. The van der Waals surface area contributed by atoms with Gasteiger partial charge >= 0.3 is 0 Å². The van der Waals surface area contributed by atoms with Crippen molar-refractivity contribution in [1.29, 1.82) is 0 Å². The van der Waals surface area contributed by atoms with Gasteiger partial charge in [0.1, 0.15) is 6.61 Å². The van der Waals surface area contributed by atoms with E-state index in [0.717, 1.165) is 0 Å². The number of methoxy groups -OCH3 is 1. The first-order valence-corrected chi connectivity index (χ1v) is 4.68. The first-order valence-electron chi connectivity index (χ1n) is 4.68. The highest BCUT2D eigenvalue weighted by atomic mass is 16.5. The third-order valence-electron chi connectivity index (χ3n) is 1.85. The number of aliphatic hydroxyl groups is 2. The van der Waals surface area contributed by atoms with Crippen LogP contribution in [0.2, 0.25) is 0 Å². The monoisotopic (exact) mass is 230 g/mol. The van der Waals surface area contributed by atoms with Gasteiger partial charge in [0.05, 0.1) is 19.3 Å². The maximum Gasteiger partial charge on any atom is 0.273 e. The highest BCUT2D eigenvalue weighted by Gasteiger charge is 2.16. The Labute approximate surface area is 92.0 Å². The van der Waals surface area contributed by atoms with Crippen LogP contribution in [0, 0.1) is 0 Å². The SMILES string of the molecule is COCc1cc(C(=O)NC(CO)CO)no1. The van der Waals surface area contributed by atoms with Gasteiger partial charge in [-0.25, -0.2) is 0 Å². The van der Waals surface area contributed by atoms with E-state index in [1.54, 1.807) is 0 Å². The lowest BCUT2D eigenvalue weighted by atomic mass is 10.3. The van der Waals surface area contributed by atoms with E-state index < -0.39 is 11.9 Å². The van der Waals surface area contributed by atoms with Crippen molar-refractivity contribution in [1.82, 2.24) is 10.5 Å². The number of ether oxygens (including phenoxy) is 1. The first-order chi connectivity index (χ1) is 7.71. The molecule has 1 aromatic rings. The highest BCUT2D eigenvalue weighted by Crippen LogP contribution is 2.04. The van der Waals surface area contributed by atoms with Crippen LogP contribution in [0.25, 0.3) is 0 Å². The minimum absolute atomic E-state index is 0.0824. The maximum atomic E-state index is 11.5. The number of hydrogen-bond donors (Lipinski definition) is 3. The van der Waals surface area contributed by atoms with Gasteiger partial charge < -0.3 is 24.8 Å². The minimum atomic E-state index is -0.699. The van der Waals surface area contributed by atoms with E-state index in [1.165, 1.54) is 13.2 Å². The first kappa shape index (κ1) is 12.6. The summed E-state index contributed by atoms with van der Waals surface area (Å²) < 4.78 is 9.61. The average molecular weight is 230 g/mol. The Morgan fingerprint density at radius 2 is 2.31 bits per heavy atom. The Hall–Kier alpha value is -1.44. The molecule has 1 amide bonds. The molecule has 0 saturated carbocycles. The molecule has 0 bridgehead atoms. The lowest BCUT2D eigenvalue weighted by molar-refractivity contribution is 0.0869. The molecule has 0 radical (unpaired) electrons. The van der Waals surface area contributed by atoms with Gasteiger partial charge in [0.25, 0.3) is 5.91 Å². The van der Waals surface area contributed by atoms with Crippen molar-refractivity contribution in [2.24, 2.45) is 0 Å². The van der Waals surface area contributed by atoms with Gasteiger partial charge in [0, 0.05) is 13.2 Å². The van der Waals surface area contributed by atoms with Gasteiger partial charge in [-0.05, 0) is 0 Å². The van der Waals surface area contributed by atoms with Gasteiger partial charge in [-0.15, -0.1) is 0 Å². The summed E-state index contributed by atoms with van der Waals surface area (Å²) in [4.78, 5) is 11.5. The molecule has 0 aliphatic heterocycles. The topological polar surface area (TPSA) is 105 Å². The van der Waals surface area contributed by atoms with Gasteiger partial charge in [0.2, 0.25) is 0 Å². The Morgan fingerprint density at radius 1 is 1.62 bits per heavy atom. The number of aliphatic hydroxyl groups excluding tert-OH is 2. The van der Waals surface area contributed by atoms with Gasteiger partial charge in [0.15, 0.2) is 11.5 Å². The predicted octanol–water partition coefficient (Wildman–Crippen LogP) is -1.10. The molecule has 90 valence electrons. The van der Waals surface area contributed by atoms with Crippen molar-refractivity contribution in [2.45, 2.75) is 12.6 Å². The number of nitrogens with zero attached hydrogens (tertiary/aromatic N) is 1. The van der Waals surface area contributed by atoms with E-state index in [-0.39, 0.29) is 25.5 Å². The van der Waals surface area contributed by atoms with E-state index in [9.17, 15) is 4.79 Å². The molecule has 7 nitrogen and oxygen atoms in total. The second-order valence-corrected chi connectivity index (χ2v) is 3.15. The van der Waals surface area contributed by atoms with Crippen LogP contribution in [0.3, 0.4) is 0 Å². The Morgan fingerprint density at radius 3 is 2.88 bits per heavy atom. The number of nitrogens with one attached hydrogen (secondary N) is 1. The number of hydrogen-bond acceptors (Lipinski definition) is 6. The zero-order valence-electron chi connectivity index (χ0n) is 8.84. The van der Waals surface area contributed by atoms with E-state index in [4.69, 9.17) is 19.5 Å². The third-order valence-corrected chi connectivity index (χ3v) is 1.85. The quantitative estimate of drug-likeness (QED) is 0.573. The summed E-state index contributed by atoms with van der Waals surface area (Å²) in [6, 6.07) is 0.736. The van der Waals surface area contributed by atoms with Crippen LogP contribution in [-0.2, 0) is 11.3 Å². The summed E-state index contributed by atoms with van der Waals surface area (Å²) >= 11 is 0. The van der Waals surface area contributed by atoms with Crippen molar-refractivity contribution >= 4 is 5.91 Å². The maximum absolute atomic E-state index is 11.5. The number of carbonyl (C=O) groups excluding carboxylic acids is 1. The fourth-order valence-electron chi connectivity index (χ4n) is 1.04. The van der Waals surface area contributed by atoms with E-state index in [0.29, 0.717) is 5.76 Å². The lowest BCUT2D eigenvalue weighted by Gasteiger charge is -2.11. The minimum Gasteiger partial charge on any atom is -0.394 e. The van der Waals surface area contributed by atoms with Crippen LogP contribution < -0.4 is 5.32 Å². The molecule has 16 heavy (non-hydrogen) atoms. The standard InChI is InChI=1S/C9H14N2O5/c1-15-5-7-2-8(11-16-7)9(14)10-6(3-12)4-13/h2,6,12-13H,3-5H2,1H3,(H,10,14). The molecule has 1 heterocycles. The average Bonchev–Trinajstić information content (AvgIpc) is 2.74. The van der Waals surface area contributed by atoms with Gasteiger partial charge in [-0.3, -0.25) is 4.79 Å². The van der Waals surface area contributed by atoms with Crippen LogP contribution in [-0.4, -0.2) is 47.6 Å². The molecule has 1 aromatic heterocycles.